The number of carbonyl (C=O) groups is 1. The molecule has 1 aromatic heterocycles. The lowest BCUT2D eigenvalue weighted by Crippen LogP contribution is -2.33. The van der Waals surface area contributed by atoms with Crippen molar-refractivity contribution >= 4 is 11.6 Å². The molecule has 2 aliphatic heterocycles. The number of amides is 2. The Morgan fingerprint density at radius 1 is 1.28 bits per heavy atom. The van der Waals surface area contributed by atoms with E-state index in [0.717, 1.165) is 5.57 Å². The van der Waals surface area contributed by atoms with Gasteiger partial charge in [0, 0.05) is 38.9 Å². The standard InChI is InChI=1S/C13H15N3O2/c1-14-6-3-4-10(12(14)17)9-5-7-16-8-11(9)15(2)13(16)18/h3-6,11H,7-8H2,1-2H3. The Bertz CT molecular complexity index is 602. The van der Waals surface area contributed by atoms with Crippen molar-refractivity contribution < 1.29 is 4.79 Å². The zero-order valence-electron chi connectivity index (χ0n) is 10.5. The molecule has 0 saturated carbocycles. The molecule has 2 amide bonds. The van der Waals surface area contributed by atoms with Crippen molar-refractivity contribution in [1.29, 1.82) is 0 Å². The molecule has 0 spiro atoms. The predicted octanol–water partition coefficient (Wildman–Crippen LogP) is 0.518. The van der Waals surface area contributed by atoms with Crippen LogP contribution < -0.4 is 5.56 Å². The van der Waals surface area contributed by atoms with Gasteiger partial charge in [0.2, 0.25) is 0 Å². The van der Waals surface area contributed by atoms with Crippen LogP contribution in [0.3, 0.4) is 0 Å². The van der Waals surface area contributed by atoms with Gasteiger partial charge in [0.25, 0.3) is 5.56 Å². The molecule has 1 unspecified atom stereocenters. The van der Waals surface area contributed by atoms with Crippen molar-refractivity contribution in [3.8, 4) is 0 Å². The minimum atomic E-state index is -0.00931. The van der Waals surface area contributed by atoms with Gasteiger partial charge < -0.3 is 14.4 Å². The highest BCUT2D eigenvalue weighted by molar-refractivity contribution is 5.85. The van der Waals surface area contributed by atoms with Crippen LogP contribution in [0.1, 0.15) is 5.56 Å². The molecule has 1 fully saturated rings. The fourth-order valence-electron chi connectivity index (χ4n) is 2.68. The van der Waals surface area contributed by atoms with E-state index in [2.05, 4.69) is 0 Å². The van der Waals surface area contributed by atoms with E-state index in [4.69, 9.17) is 0 Å². The minimum absolute atomic E-state index is 0.00125. The molecular formula is C13H15N3O2. The van der Waals surface area contributed by atoms with Crippen LogP contribution in [0, 0.1) is 0 Å². The highest BCUT2D eigenvalue weighted by Gasteiger charge is 2.39. The number of urea groups is 1. The number of fused-ring (bicyclic) bond motifs is 2. The summed E-state index contributed by atoms with van der Waals surface area (Å²) >= 11 is 0. The summed E-state index contributed by atoms with van der Waals surface area (Å²) in [6, 6.07) is 3.74. The second-order valence-electron chi connectivity index (χ2n) is 4.81. The van der Waals surface area contributed by atoms with Crippen LogP contribution in [0.25, 0.3) is 5.57 Å². The maximum absolute atomic E-state index is 12.1. The lowest BCUT2D eigenvalue weighted by atomic mass is 9.97. The molecule has 2 bridgehead atoms. The van der Waals surface area contributed by atoms with E-state index < -0.39 is 0 Å². The second-order valence-corrected chi connectivity index (χ2v) is 4.81. The van der Waals surface area contributed by atoms with Crippen molar-refractivity contribution in [2.24, 2.45) is 7.05 Å². The third kappa shape index (κ3) is 1.40. The quantitative estimate of drug-likeness (QED) is 0.724. The van der Waals surface area contributed by atoms with E-state index in [1.807, 2.05) is 18.2 Å². The van der Waals surface area contributed by atoms with E-state index in [1.165, 1.54) is 0 Å². The number of rotatable bonds is 1. The van der Waals surface area contributed by atoms with Gasteiger partial charge in [-0.25, -0.2) is 4.79 Å². The summed E-state index contributed by atoms with van der Waals surface area (Å²) in [6.07, 6.45) is 3.73. The summed E-state index contributed by atoms with van der Waals surface area (Å²) in [5.41, 5.74) is 1.66. The number of nitrogens with zero attached hydrogens (tertiary/aromatic N) is 3. The highest BCUT2D eigenvalue weighted by atomic mass is 16.2. The average Bonchev–Trinajstić information content (AvgIpc) is 2.59. The Hall–Kier alpha value is -2.04. The molecule has 0 N–H and O–H groups in total. The van der Waals surface area contributed by atoms with Gasteiger partial charge in [0.15, 0.2) is 0 Å². The van der Waals surface area contributed by atoms with Crippen molar-refractivity contribution in [3.05, 3.63) is 40.3 Å². The number of aromatic nitrogens is 1. The molecule has 5 nitrogen and oxygen atoms in total. The Kier molecular flexibility index (Phi) is 2.29. The smallest absolute Gasteiger partial charge is 0.319 e. The molecule has 1 saturated heterocycles. The summed E-state index contributed by atoms with van der Waals surface area (Å²) < 4.78 is 1.57. The number of pyridine rings is 1. The van der Waals surface area contributed by atoms with Crippen molar-refractivity contribution in [2.75, 3.05) is 20.1 Å². The van der Waals surface area contributed by atoms with Crippen molar-refractivity contribution in [2.45, 2.75) is 6.04 Å². The predicted molar refractivity (Wildman–Crippen MR) is 68.2 cm³/mol. The average molecular weight is 245 g/mol. The summed E-state index contributed by atoms with van der Waals surface area (Å²) in [5, 5.41) is 0. The van der Waals surface area contributed by atoms with Crippen LogP contribution in [-0.2, 0) is 7.05 Å². The highest BCUT2D eigenvalue weighted by Crippen LogP contribution is 2.29. The van der Waals surface area contributed by atoms with E-state index in [1.54, 1.807) is 34.7 Å². The number of hydrogen-bond donors (Lipinski definition) is 0. The molecule has 0 radical (unpaired) electrons. The number of likely N-dealkylation sites (N-methyl/N-ethyl adjacent to an activating group) is 1. The lowest BCUT2D eigenvalue weighted by Gasteiger charge is -2.23. The van der Waals surface area contributed by atoms with Crippen LogP contribution in [0.15, 0.2) is 29.2 Å². The molecule has 18 heavy (non-hydrogen) atoms. The third-order valence-corrected chi connectivity index (χ3v) is 3.76. The van der Waals surface area contributed by atoms with E-state index in [9.17, 15) is 9.59 Å². The fraction of sp³-hybridized carbons (Fsp3) is 0.385. The second kappa shape index (κ2) is 3.73. The van der Waals surface area contributed by atoms with E-state index in [-0.39, 0.29) is 17.6 Å². The summed E-state index contributed by atoms with van der Waals surface area (Å²) in [5.74, 6) is 0. The van der Waals surface area contributed by atoms with E-state index >= 15 is 0 Å². The number of aryl methyl sites for hydroxylation is 1. The first-order valence-corrected chi connectivity index (χ1v) is 5.97. The van der Waals surface area contributed by atoms with Crippen LogP contribution in [0.5, 0.6) is 0 Å². The summed E-state index contributed by atoms with van der Waals surface area (Å²) in [6.45, 7) is 1.27. The molecule has 2 aliphatic rings. The van der Waals surface area contributed by atoms with Crippen LogP contribution >= 0.6 is 0 Å². The van der Waals surface area contributed by atoms with Crippen molar-refractivity contribution in [1.82, 2.24) is 14.4 Å². The van der Waals surface area contributed by atoms with Gasteiger partial charge in [-0.1, -0.05) is 6.08 Å². The maximum atomic E-state index is 12.1. The van der Waals surface area contributed by atoms with Gasteiger partial charge in [-0.05, 0) is 17.7 Å². The first-order chi connectivity index (χ1) is 8.59. The molecule has 3 rings (SSSR count). The van der Waals surface area contributed by atoms with Gasteiger partial charge in [0.1, 0.15) is 0 Å². The van der Waals surface area contributed by atoms with Gasteiger partial charge in [0.05, 0.1) is 6.04 Å². The monoisotopic (exact) mass is 245 g/mol. The minimum Gasteiger partial charge on any atom is -0.319 e. The van der Waals surface area contributed by atoms with Crippen molar-refractivity contribution in [3.63, 3.8) is 0 Å². The summed E-state index contributed by atoms with van der Waals surface area (Å²) in [4.78, 5) is 27.5. The number of hydrogen-bond acceptors (Lipinski definition) is 2. The zero-order valence-corrected chi connectivity index (χ0v) is 10.5. The molecule has 0 aromatic carbocycles. The molecule has 94 valence electrons. The van der Waals surface area contributed by atoms with Crippen LogP contribution in [0.2, 0.25) is 0 Å². The third-order valence-electron chi connectivity index (χ3n) is 3.76. The normalized spacial score (nSPS) is 22.4. The first kappa shape index (κ1) is 11.1. The largest absolute Gasteiger partial charge is 0.320 e. The lowest BCUT2D eigenvalue weighted by molar-refractivity contribution is 0.202. The van der Waals surface area contributed by atoms with Gasteiger partial charge in [-0.2, -0.15) is 0 Å². The Labute approximate surface area is 105 Å². The van der Waals surface area contributed by atoms with Crippen LogP contribution in [-0.4, -0.2) is 46.6 Å². The van der Waals surface area contributed by atoms with Gasteiger partial charge >= 0.3 is 6.03 Å². The molecule has 5 heteroatoms. The van der Waals surface area contributed by atoms with Gasteiger partial charge in [-0.15, -0.1) is 0 Å². The molecule has 1 atom stereocenters. The molecule has 3 heterocycles. The first-order valence-electron chi connectivity index (χ1n) is 5.97. The molecule has 1 aromatic rings. The SMILES string of the molecule is CN1C(=O)N2CC=C(c3cccn(C)c3=O)C1C2. The topological polar surface area (TPSA) is 45.6 Å². The Morgan fingerprint density at radius 2 is 2.06 bits per heavy atom. The van der Waals surface area contributed by atoms with Gasteiger partial charge in [-0.3, -0.25) is 4.79 Å². The van der Waals surface area contributed by atoms with Crippen LogP contribution in [0.4, 0.5) is 4.79 Å². The Morgan fingerprint density at radius 3 is 2.83 bits per heavy atom. The Balaban J connectivity index is 2.09. The summed E-state index contributed by atoms with van der Waals surface area (Å²) in [7, 11) is 3.53. The fourth-order valence-corrected chi connectivity index (χ4v) is 2.68. The maximum Gasteiger partial charge on any atom is 0.320 e. The molecular weight excluding hydrogens is 230 g/mol. The zero-order chi connectivity index (χ0) is 12.9. The van der Waals surface area contributed by atoms with E-state index in [0.29, 0.717) is 18.7 Å². The number of carbonyl (C=O) groups excluding carboxylic acids is 1. The molecule has 0 aliphatic carbocycles.